The molecule has 3 rings (SSSR count). The van der Waals surface area contributed by atoms with Gasteiger partial charge in [-0.1, -0.05) is 31.0 Å². The van der Waals surface area contributed by atoms with Crippen molar-refractivity contribution in [2.75, 3.05) is 20.2 Å². The number of carbonyl (C=O) groups is 2. The van der Waals surface area contributed by atoms with Crippen LogP contribution in [0.15, 0.2) is 29.2 Å². The van der Waals surface area contributed by atoms with Crippen molar-refractivity contribution in [2.45, 2.75) is 25.3 Å². The van der Waals surface area contributed by atoms with E-state index in [0.717, 1.165) is 22.4 Å². The maximum absolute atomic E-state index is 13.3. The number of halogens is 6. The van der Waals surface area contributed by atoms with Crippen LogP contribution in [0.4, 0.5) is 19.4 Å². The molecule has 0 saturated carbocycles. The number of rotatable bonds is 8. The smallest absolute Gasteiger partial charge is 0.310 e. The van der Waals surface area contributed by atoms with Gasteiger partial charge < -0.3 is 9.64 Å². The van der Waals surface area contributed by atoms with Gasteiger partial charge in [0, 0.05) is 24.7 Å². The van der Waals surface area contributed by atoms with Crippen LogP contribution in [0, 0.1) is 5.41 Å². The molecule has 0 spiro atoms. The van der Waals surface area contributed by atoms with Gasteiger partial charge >= 0.3 is 10.2 Å². The van der Waals surface area contributed by atoms with Gasteiger partial charge in [0.1, 0.15) is 17.2 Å². The van der Waals surface area contributed by atoms with Crippen molar-refractivity contribution in [1.82, 2.24) is 24.3 Å². The summed E-state index contributed by atoms with van der Waals surface area (Å²) in [7, 11) is -9.16. The number of aromatic nitrogens is 4. The number of hydrogen-bond donors (Lipinski definition) is 1. The van der Waals surface area contributed by atoms with Crippen LogP contribution in [-0.2, 0) is 6.54 Å². The van der Waals surface area contributed by atoms with Crippen molar-refractivity contribution >= 4 is 39.2 Å². The van der Waals surface area contributed by atoms with Gasteiger partial charge in [-0.3, -0.25) is 15.0 Å². The van der Waals surface area contributed by atoms with Crippen LogP contribution in [-0.4, -0.2) is 56.2 Å². The Balaban J connectivity index is 2.09. The second-order valence-electron chi connectivity index (χ2n) is 7.36. The molecular weight excluding hydrogens is 523 g/mol. The molecule has 1 N–H and O–H groups in total. The number of methoxy groups -OCH3 is 1. The third-order valence-corrected chi connectivity index (χ3v) is 6.33. The lowest BCUT2D eigenvalue weighted by Gasteiger charge is -2.40. The molecule has 0 saturated heterocycles. The second-order valence-corrected chi connectivity index (χ2v) is 10.2. The summed E-state index contributed by atoms with van der Waals surface area (Å²) in [6.45, 7) is 3.40. The van der Waals surface area contributed by atoms with Crippen LogP contribution in [0.1, 0.15) is 34.6 Å². The van der Waals surface area contributed by atoms with Gasteiger partial charge in [-0.15, -0.1) is 5.10 Å². The molecule has 9 nitrogen and oxygen atoms in total. The molecule has 35 heavy (non-hydrogen) atoms. The molecule has 0 aliphatic heterocycles. The maximum atomic E-state index is 13.3. The van der Waals surface area contributed by atoms with Crippen molar-refractivity contribution in [3.63, 3.8) is 0 Å². The summed E-state index contributed by atoms with van der Waals surface area (Å²) in [5, 5.41) is 16.0. The number of amides is 1. The van der Waals surface area contributed by atoms with Crippen molar-refractivity contribution in [3.8, 4) is 5.75 Å². The molecule has 1 aromatic carbocycles. The zero-order chi connectivity index (χ0) is 26.4. The molecule has 2 aromatic heterocycles. The number of carbonyl (C=O) groups excluding carboxylic acids is 2. The number of nitrogens with one attached hydrogen (secondary N) is 1. The average molecular weight is 543 g/mol. The predicted molar refractivity (Wildman–Crippen MR) is 118 cm³/mol. The van der Waals surface area contributed by atoms with Gasteiger partial charge in [0.25, 0.3) is 5.91 Å². The summed E-state index contributed by atoms with van der Waals surface area (Å²) in [5.41, 5.74) is -1.40. The molecule has 0 atom stereocenters. The Morgan fingerprint density at radius 1 is 1.09 bits per heavy atom. The number of hydrogen-bond acceptors (Lipinski definition) is 6. The maximum Gasteiger partial charge on any atom is 0.310 e. The first kappa shape index (κ1) is 26.4. The molecule has 1 amide bonds. The van der Waals surface area contributed by atoms with Crippen molar-refractivity contribution in [3.05, 3.63) is 46.2 Å². The van der Waals surface area contributed by atoms with E-state index in [1.165, 1.54) is 11.0 Å². The lowest BCUT2D eigenvalue weighted by Crippen LogP contribution is -2.31. The van der Waals surface area contributed by atoms with E-state index < -0.39 is 50.3 Å². The van der Waals surface area contributed by atoms with Crippen LogP contribution < -0.4 is 10.4 Å². The standard InChI is InChI=1S/C19H20ClF5N6O3S/c1-4-29(5-2)18(33)14-9-16(20)27-31-17(14)28-30(19(31)26)10-15(32)11-6-12(34-3)8-13(7-11)35(21,22,23,24)25/h6-9,26H,4-5,10H2,1-3H3. The summed E-state index contributed by atoms with van der Waals surface area (Å²) in [6, 6.07) is 2.22. The highest BCUT2D eigenvalue weighted by Gasteiger charge is 2.65. The van der Waals surface area contributed by atoms with E-state index in [-0.39, 0.29) is 28.5 Å². The van der Waals surface area contributed by atoms with Gasteiger partial charge in [0.15, 0.2) is 16.6 Å². The number of Topliss-reactive ketones (excluding diaryl/α,β-unsaturated/α-hetero) is 1. The van der Waals surface area contributed by atoms with E-state index >= 15 is 0 Å². The van der Waals surface area contributed by atoms with Crippen LogP contribution in [0.3, 0.4) is 0 Å². The minimum Gasteiger partial charge on any atom is -0.497 e. The Hall–Kier alpha value is -3.20. The van der Waals surface area contributed by atoms with Crippen LogP contribution >= 0.6 is 21.8 Å². The first-order valence-corrected chi connectivity index (χ1v) is 12.3. The van der Waals surface area contributed by atoms with Gasteiger partial charge in [-0.25, -0.2) is 4.68 Å². The fraction of sp³-hybridized carbons (Fsp3) is 0.316. The molecule has 0 bridgehead atoms. The minimum absolute atomic E-state index is 0.0158. The molecule has 3 aromatic rings. The molecule has 0 fully saturated rings. The second kappa shape index (κ2) is 8.19. The first-order valence-electron chi connectivity index (χ1n) is 9.95. The monoisotopic (exact) mass is 542 g/mol. The average Bonchev–Trinajstić information content (AvgIpc) is 3.07. The first-order chi connectivity index (χ1) is 16.0. The fourth-order valence-electron chi connectivity index (χ4n) is 3.23. The summed E-state index contributed by atoms with van der Waals surface area (Å²) >= 11 is 5.98. The lowest BCUT2D eigenvalue weighted by molar-refractivity contribution is 0.0773. The summed E-state index contributed by atoms with van der Waals surface area (Å²) in [5.74, 6) is -2.15. The molecule has 0 radical (unpaired) electrons. The molecular formula is C19H20ClF5N6O3S. The topological polar surface area (TPSA) is 106 Å². The normalized spacial score (nSPS) is 13.9. The zero-order valence-electron chi connectivity index (χ0n) is 18.6. The highest BCUT2D eigenvalue weighted by molar-refractivity contribution is 8.45. The van der Waals surface area contributed by atoms with Crippen molar-refractivity contribution in [1.29, 1.82) is 5.41 Å². The Labute approximate surface area is 200 Å². The van der Waals surface area contributed by atoms with Gasteiger partial charge in [-0.05, 0) is 32.0 Å². The number of ketones is 1. The largest absolute Gasteiger partial charge is 0.497 e. The Morgan fingerprint density at radius 3 is 2.26 bits per heavy atom. The zero-order valence-corrected chi connectivity index (χ0v) is 20.1. The Morgan fingerprint density at radius 2 is 1.71 bits per heavy atom. The molecule has 2 heterocycles. The summed E-state index contributed by atoms with van der Waals surface area (Å²) < 4.78 is 73.0. The molecule has 0 aliphatic carbocycles. The molecule has 192 valence electrons. The van der Waals surface area contributed by atoms with E-state index in [4.69, 9.17) is 17.0 Å². The van der Waals surface area contributed by atoms with Crippen LogP contribution in [0.25, 0.3) is 5.65 Å². The fourth-order valence-corrected chi connectivity index (χ4v) is 4.11. The molecule has 0 unspecified atom stereocenters. The van der Waals surface area contributed by atoms with Crippen molar-refractivity contribution in [2.24, 2.45) is 0 Å². The number of fused-ring (bicyclic) bond motifs is 1. The highest BCUT2D eigenvalue weighted by Crippen LogP contribution is 3.02. The van der Waals surface area contributed by atoms with E-state index in [1.807, 2.05) is 0 Å². The molecule has 0 aliphatic rings. The number of ether oxygens (including phenoxy) is 1. The van der Waals surface area contributed by atoms with Gasteiger partial charge in [-0.2, -0.15) is 9.61 Å². The summed E-state index contributed by atoms with van der Waals surface area (Å²) in [4.78, 5) is 24.8. The minimum atomic E-state index is -10.1. The third kappa shape index (κ3) is 5.40. The van der Waals surface area contributed by atoms with Gasteiger partial charge in [0.05, 0.1) is 12.7 Å². The number of nitrogens with zero attached hydrogens (tertiary/aromatic N) is 5. The van der Waals surface area contributed by atoms with Crippen LogP contribution in [0.5, 0.6) is 5.75 Å². The summed E-state index contributed by atoms with van der Waals surface area (Å²) in [6.07, 6.45) is 0. The predicted octanol–water partition coefficient (Wildman–Crippen LogP) is 4.69. The van der Waals surface area contributed by atoms with E-state index in [2.05, 4.69) is 14.9 Å². The van der Waals surface area contributed by atoms with Crippen molar-refractivity contribution < 1.29 is 33.8 Å². The lowest BCUT2D eigenvalue weighted by atomic mass is 10.1. The Kier molecular flexibility index (Phi) is 6.18. The quantitative estimate of drug-likeness (QED) is 0.328. The molecule has 16 heteroatoms. The van der Waals surface area contributed by atoms with Crippen LogP contribution in [0.2, 0.25) is 5.15 Å². The highest BCUT2D eigenvalue weighted by atomic mass is 35.5. The van der Waals surface area contributed by atoms with E-state index in [0.29, 0.717) is 13.1 Å². The number of benzene rings is 1. The third-order valence-electron chi connectivity index (χ3n) is 5.02. The van der Waals surface area contributed by atoms with E-state index in [9.17, 15) is 29.0 Å². The SMILES string of the molecule is CCN(CC)C(=O)c1cc(Cl)nn2c(=N)n(CC(=O)c3cc(OC)cc(S(F)(F)(F)(F)F)c3)nc12. The van der Waals surface area contributed by atoms with Gasteiger partial charge in [0.2, 0.25) is 5.62 Å². The van der Waals surface area contributed by atoms with E-state index in [1.54, 1.807) is 13.8 Å². The Bertz CT molecular complexity index is 1400.